The minimum atomic E-state index is -4.24. The number of rotatable bonds is 9. The van der Waals surface area contributed by atoms with Crippen molar-refractivity contribution in [3.05, 3.63) is 182 Å². The van der Waals surface area contributed by atoms with Gasteiger partial charge in [0.2, 0.25) is 0 Å². The molecular formula is C42H31O4P. The molecular weight excluding hydrogens is 599 g/mol. The zero-order chi connectivity index (χ0) is 32.1. The van der Waals surface area contributed by atoms with Crippen LogP contribution in [0.15, 0.2) is 182 Å². The first-order valence-electron chi connectivity index (χ1n) is 15.4. The van der Waals surface area contributed by atoms with Crippen LogP contribution in [-0.4, -0.2) is 5.11 Å². The van der Waals surface area contributed by atoms with Crippen molar-refractivity contribution in [3.8, 4) is 61.8 Å². The van der Waals surface area contributed by atoms with E-state index in [9.17, 15) is 5.11 Å². The average molecular weight is 631 g/mol. The van der Waals surface area contributed by atoms with Crippen molar-refractivity contribution >= 4 is 12.9 Å². The van der Waals surface area contributed by atoms with Gasteiger partial charge in [0.05, 0.1) is 5.30 Å². The highest BCUT2D eigenvalue weighted by atomic mass is 31.2. The van der Waals surface area contributed by atoms with Crippen molar-refractivity contribution in [1.29, 1.82) is 0 Å². The Morgan fingerprint density at radius 2 is 0.660 bits per heavy atom. The van der Waals surface area contributed by atoms with E-state index in [1.165, 1.54) is 12.1 Å². The number of aromatic hydroxyl groups is 1. The van der Waals surface area contributed by atoms with Crippen molar-refractivity contribution in [1.82, 2.24) is 0 Å². The SMILES string of the molecule is O=P(Oc1c(-c2ccccc2)cccc1-c1ccccc1)(Oc1c(-c2ccccc2)cccc1-c1ccccc1)c1ccc(O)cc1. The molecule has 0 aromatic heterocycles. The van der Waals surface area contributed by atoms with Gasteiger partial charge in [-0.15, -0.1) is 0 Å². The molecule has 228 valence electrons. The third-order valence-electron chi connectivity index (χ3n) is 7.96. The summed E-state index contributed by atoms with van der Waals surface area (Å²) < 4.78 is 29.3. The first kappa shape index (κ1) is 29.9. The second-order valence-electron chi connectivity index (χ2n) is 11.0. The zero-order valence-corrected chi connectivity index (χ0v) is 26.3. The van der Waals surface area contributed by atoms with E-state index in [4.69, 9.17) is 9.05 Å². The summed E-state index contributed by atoms with van der Waals surface area (Å²) in [6, 6.07) is 57.6. The Balaban J connectivity index is 1.47. The minimum Gasteiger partial charge on any atom is -0.508 e. The number of hydrogen-bond donors (Lipinski definition) is 1. The standard InChI is InChI=1S/C42H31O4P/c43-35-27-29-36(30-28-35)47(44,45-41-37(31-15-5-1-6-16-31)23-13-24-38(41)32-17-7-2-8-18-32)46-42-39(33-19-9-3-10-20-33)25-14-26-40(42)34-21-11-4-12-22-34/h1-30,43H. The van der Waals surface area contributed by atoms with E-state index in [0.29, 0.717) is 16.8 Å². The van der Waals surface area contributed by atoms with Crippen LogP contribution in [0.1, 0.15) is 0 Å². The molecule has 0 fully saturated rings. The summed E-state index contributed by atoms with van der Waals surface area (Å²) >= 11 is 0. The molecule has 5 heteroatoms. The summed E-state index contributed by atoms with van der Waals surface area (Å²) in [6.07, 6.45) is 0. The molecule has 0 saturated carbocycles. The van der Waals surface area contributed by atoms with Gasteiger partial charge in [-0.05, 0) is 46.5 Å². The first-order valence-corrected chi connectivity index (χ1v) is 16.9. The van der Waals surface area contributed by atoms with Gasteiger partial charge in [-0.2, -0.15) is 0 Å². The Hall–Kier alpha value is -5.83. The van der Waals surface area contributed by atoms with Gasteiger partial charge in [-0.1, -0.05) is 158 Å². The number of phenols is 1. The third kappa shape index (κ3) is 6.33. The molecule has 0 bridgehead atoms. The van der Waals surface area contributed by atoms with Gasteiger partial charge in [0.15, 0.2) is 0 Å². The highest BCUT2D eigenvalue weighted by Crippen LogP contribution is 2.55. The van der Waals surface area contributed by atoms with Crippen molar-refractivity contribution < 1.29 is 18.7 Å². The average Bonchev–Trinajstić information content (AvgIpc) is 3.13. The van der Waals surface area contributed by atoms with E-state index >= 15 is 4.57 Å². The fourth-order valence-corrected chi connectivity index (χ4v) is 7.29. The van der Waals surface area contributed by atoms with Crippen LogP contribution in [0.25, 0.3) is 44.5 Å². The lowest BCUT2D eigenvalue weighted by Crippen LogP contribution is -2.16. The van der Waals surface area contributed by atoms with Gasteiger partial charge in [-0.25, -0.2) is 4.57 Å². The fourth-order valence-electron chi connectivity index (χ4n) is 5.65. The molecule has 47 heavy (non-hydrogen) atoms. The zero-order valence-electron chi connectivity index (χ0n) is 25.4. The van der Waals surface area contributed by atoms with Crippen molar-refractivity contribution in [2.45, 2.75) is 0 Å². The molecule has 0 amide bonds. The number of para-hydroxylation sites is 2. The molecule has 0 heterocycles. The number of benzene rings is 7. The molecule has 4 nitrogen and oxygen atoms in total. The van der Waals surface area contributed by atoms with Crippen LogP contribution in [-0.2, 0) is 4.57 Å². The van der Waals surface area contributed by atoms with E-state index in [1.54, 1.807) is 12.1 Å². The molecule has 7 aromatic rings. The van der Waals surface area contributed by atoms with Crippen molar-refractivity contribution in [3.63, 3.8) is 0 Å². The first-order chi connectivity index (χ1) is 23.1. The monoisotopic (exact) mass is 630 g/mol. The highest BCUT2D eigenvalue weighted by molar-refractivity contribution is 7.63. The summed E-state index contributed by atoms with van der Waals surface area (Å²) in [5.74, 6) is 0.907. The van der Waals surface area contributed by atoms with E-state index in [-0.39, 0.29) is 5.75 Å². The van der Waals surface area contributed by atoms with Crippen molar-refractivity contribution in [2.24, 2.45) is 0 Å². The van der Waals surface area contributed by atoms with E-state index in [0.717, 1.165) is 44.5 Å². The van der Waals surface area contributed by atoms with Crippen LogP contribution in [0.5, 0.6) is 17.2 Å². The van der Waals surface area contributed by atoms with E-state index in [1.807, 2.05) is 158 Å². The molecule has 7 aromatic carbocycles. The largest absolute Gasteiger partial charge is 0.508 e. The van der Waals surface area contributed by atoms with E-state index in [2.05, 4.69) is 0 Å². The molecule has 0 unspecified atom stereocenters. The Morgan fingerprint density at radius 3 is 0.957 bits per heavy atom. The van der Waals surface area contributed by atoms with Crippen LogP contribution in [0.3, 0.4) is 0 Å². The summed E-state index contributed by atoms with van der Waals surface area (Å²) in [5.41, 5.74) is 6.73. The lowest BCUT2D eigenvalue weighted by atomic mass is 9.97. The molecule has 0 saturated heterocycles. The quantitative estimate of drug-likeness (QED) is 0.161. The topological polar surface area (TPSA) is 55.8 Å². The molecule has 7 rings (SSSR count). The highest BCUT2D eigenvalue weighted by Gasteiger charge is 2.35. The van der Waals surface area contributed by atoms with Gasteiger partial charge < -0.3 is 14.2 Å². The molecule has 0 spiro atoms. The van der Waals surface area contributed by atoms with Gasteiger partial charge in [0.25, 0.3) is 0 Å². The van der Waals surface area contributed by atoms with Gasteiger partial charge in [0, 0.05) is 22.3 Å². The Kier molecular flexibility index (Phi) is 8.43. The second-order valence-corrected chi connectivity index (χ2v) is 12.9. The maximum Gasteiger partial charge on any atom is 0.462 e. The van der Waals surface area contributed by atoms with Gasteiger partial charge in [0.1, 0.15) is 17.2 Å². The Morgan fingerprint density at radius 1 is 0.362 bits per heavy atom. The van der Waals surface area contributed by atoms with Gasteiger partial charge >= 0.3 is 7.60 Å². The summed E-state index contributed by atoms with van der Waals surface area (Å²) in [4.78, 5) is 0. The van der Waals surface area contributed by atoms with Crippen LogP contribution in [0, 0.1) is 0 Å². The number of phenolic OH excluding ortho intramolecular Hbond substituents is 1. The van der Waals surface area contributed by atoms with Crippen LogP contribution >= 0.6 is 7.60 Å². The summed E-state index contributed by atoms with van der Waals surface area (Å²) in [5, 5.41) is 10.5. The Labute approximate surface area is 274 Å². The molecule has 0 aliphatic heterocycles. The second kappa shape index (κ2) is 13.3. The molecule has 0 aliphatic carbocycles. The molecule has 0 aliphatic rings. The van der Waals surface area contributed by atoms with Crippen LogP contribution in [0.4, 0.5) is 0 Å². The maximum absolute atomic E-state index is 15.7. The van der Waals surface area contributed by atoms with Gasteiger partial charge in [-0.3, -0.25) is 0 Å². The maximum atomic E-state index is 15.7. The summed E-state index contributed by atoms with van der Waals surface area (Å²) in [7, 11) is -4.24. The number of hydrogen-bond acceptors (Lipinski definition) is 4. The third-order valence-corrected chi connectivity index (χ3v) is 9.73. The Bertz CT molecular complexity index is 1900. The lowest BCUT2D eigenvalue weighted by molar-refractivity contribution is 0.401. The predicted octanol–water partition coefficient (Wildman–Crippen LogP) is 11.0. The van der Waals surface area contributed by atoms with Crippen LogP contribution < -0.4 is 14.4 Å². The van der Waals surface area contributed by atoms with Crippen LogP contribution in [0.2, 0.25) is 0 Å². The lowest BCUT2D eigenvalue weighted by Gasteiger charge is -2.26. The molecule has 0 radical (unpaired) electrons. The minimum absolute atomic E-state index is 0.0459. The smallest absolute Gasteiger partial charge is 0.462 e. The summed E-state index contributed by atoms with van der Waals surface area (Å²) in [6.45, 7) is 0. The molecule has 0 atom stereocenters. The fraction of sp³-hybridized carbons (Fsp3) is 0. The normalized spacial score (nSPS) is 11.1. The predicted molar refractivity (Wildman–Crippen MR) is 191 cm³/mol. The van der Waals surface area contributed by atoms with E-state index < -0.39 is 7.60 Å². The van der Waals surface area contributed by atoms with Crippen molar-refractivity contribution in [2.75, 3.05) is 0 Å². The molecule has 1 N–H and O–H groups in total.